The molecular weight excluding hydrogens is 300 g/mol. The topological polar surface area (TPSA) is 78.9 Å². The van der Waals surface area contributed by atoms with E-state index in [0.717, 1.165) is 0 Å². The summed E-state index contributed by atoms with van der Waals surface area (Å²) in [7, 11) is 1.20. The molecule has 0 amide bonds. The summed E-state index contributed by atoms with van der Waals surface area (Å²) in [6.45, 7) is 4.81. The molecule has 0 aliphatic heterocycles. The average Bonchev–Trinajstić information content (AvgIpc) is 2.53. The molecule has 1 rings (SSSR count). The summed E-state index contributed by atoms with van der Waals surface area (Å²) in [5.41, 5.74) is -0.929. The molecule has 0 bridgehead atoms. The summed E-state index contributed by atoms with van der Waals surface area (Å²) in [5, 5.41) is 0. The smallest absolute Gasteiger partial charge is 0.330 e. The van der Waals surface area contributed by atoms with Crippen molar-refractivity contribution in [3.8, 4) is 5.75 Å². The fourth-order valence-corrected chi connectivity index (χ4v) is 1.63. The van der Waals surface area contributed by atoms with Crippen molar-refractivity contribution in [3.63, 3.8) is 0 Å². The largest absolute Gasteiger partial charge is 0.468 e. The molecule has 0 fully saturated rings. The van der Waals surface area contributed by atoms with Crippen molar-refractivity contribution in [1.82, 2.24) is 0 Å². The van der Waals surface area contributed by atoms with Gasteiger partial charge in [-0.3, -0.25) is 9.59 Å². The van der Waals surface area contributed by atoms with Crippen molar-refractivity contribution in [2.75, 3.05) is 13.7 Å². The molecular formula is C17H20O6. The molecule has 0 atom stereocenters. The van der Waals surface area contributed by atoms with Gasteiger partial charge in [0.1, 0.15) is 5.75 Å². The van der Waals surface area contributed by atoms with E-state index in [-0.39, 0.29) is 12.4 Å². The molecule has 6 nitrogen and oxygen atoms in total. The van der Waals surface area contributed by atoms with Gasteiger partial charge in [0, 0.05) is 11.6 Å². The minimum absolute atomic E-state index is 0.232. The van der Waals surface area contributed by atoms with Gasteiger partial charge < -0.3 is 14.2 Å². The zero-order valence-corrected chi connectivity index (χ0v) is 13.6. The van der Waals surface area contributed by atoms with Crippen LogP contribution in [0.5, 0.6) is 5.75 Å². The molecule has 1 aromatic carbocycles. The molecule has 124 valence electrons. The Labute approximate surface area is 135 Å². The number of ether oxygens (including phenoxy) is 3. The van der Waals surface area contributed by atoms with Crippen molar-refractivity contribution in [2.24, 2.45) is 5.41 Å². The van der Waals surface area contributed by atoms with Crippen molar-refractivity contribution >= 4 is 24.0 Å². The lowest BCUT2D eigenvalue weighted by atomic mass is 9.94. The van der Waals surface area contributed by atoms with E-state index in [1.54, 1.807) is 31.2 Å². The molecule has 0 radical (unpaired) electrons. The third-order valence-electron chi connectivity index (χ3n) is 3.01. The molecule has 0 saturated carbocycles. The third kappa shape index (κ3) is 4.95. The SMILES string of the molecule is CCOC(=O)/C=C/c1ccccc1OC(=O)C(C)(C)C(=O)OC. The highest BCUT2D eigenvalue weighted by atomic mass is 16.6. The Morgan fingerprint density at radius 2 is 1.78 bits per heavy atom. The lowest BCUT2D eigenvalue weighted by Gasteiger charge is -2.19. The van der Waals surface area contributed by atoms with E-state index in [1.165, 1.54) is 33.1 Å². The van der Waals surface area contributed by atoms with Crippen LogP contribution < -0.4 is 4.74 Å². The van der Waals surface area contributed by atoms with E-state index in [9.17, 15) is 14.4 Å². The summed E-state index contributed by atoms with van der Waals surface area (Å²) in [5.74, 6) is -1.71. The van der Waals surface area contributed by atoms with Crippen LogP contribution in [-0.2, 0) is 23.9 Å². The molecule has 0 unspecified atom stereocenters. The number of methoxy groups -OCH3 is 1. The highest BCUT2D eigenvalue weighted by Crippen LogP contribution is 2.25. The Kier molecular flexibility index (Phi) is 6.50. The van der Waals surface area contributed by atoms with Crippen LogP contribution in [0.4, 0.5) is 0 Å². The predicted molar refractivity (Wildman–Crippen MR) is 83.5 cm³/mol. The minimum atomic E-state index is -1.44. The highest BCUT2D eigenvalue weighted by molar-refractivity contribution is 6.00. The van der Waals surface area contributed by atoms with Crippen LogP contribution in [0.25, 0.3) is 6.08 Å². The maximum absolute atomic E-state index is 12.2. The van der Waals surface area contributed by atoms with E-state index in [1.807, 2.05) is 0 Å². The van der Waals surface area contributed by atoms with Gasteiger partial charge in [-0.25, -0.2) is 4.79 Å². The average molecular weight is 320 g/mol. The standard InChI is InChI=1S/C17H20O6/c1-5-22-14(18)11-10-12-8-6-7-9-13(12)23-16(20)17(2,3)15(19)21-4/h6-11H,5H2,1-4H3/b11-10+. The Hall–Kier alpha value is -2.63. The summed E-state index contributed by atoms with van der Waals surface area (Å²) >= 11 is 0. The van der Waals surface area contributed by atoms with Crippen molar-refractivity contribution in [1.29, 1.82) is 0 Å². The Morgan fingerprint density at radius 3 is 2.39 bits per heavy atom. The molecule has 0 aliphatic carbocycles. The third-order valence-corrected chi connectivity index (χ3v) is 3.01. The number of hydrogen-bond acceptors (Lipinski definition) is 6. The number of benzene rings is 1. The van der Waals surface area contributed by atoms with Gasteiger partial charge in [0.25, 0.3) is 0 Å². The Bertz CT molecular complexity index is 615. The van der Waals surface area contributed by atoms with Crippen LogP contribution in [0.1, 0.15) is 26.3 Å². The van der Waals surface area contributed by atoms with E-state index < -0.39 is 23.3 Å². The van der Waals surface area contributed by atoms with Gasteiger partial charge in [0.2, 0.25) is 0 Å². The van der Waals surface area contributed by atoms with Gasteiger partial charge in [0.15, 0.2) is 5.41 Å². The van der Waals surface area contributed by atoms with Crippen molar-refractivity contribution < 1.29 is 28.6 Å². The Balaban J connectivity index is 2.96. The lowest BCUT2D eigenvalue weighted by Crippen LogP contribution is -2.37. The first-order chi connectivity index (χ1) is 10.8. The zero-order valence-electron chi connectivity index (χ0n) is 13.6. The van der Waals surface area contributed by atoms with Crippen molar-refractivity contribution in [3.05, 3.63) is 35.9 Å². The number of carbonyl (C=O) groups excluding carboxylic acids is 3. The summed E-state index contributed by atoms with van der Waals surface area (Å²) in [4.78, 5) is 35.2. The van der Waals surface area contributed by atoms with Gasteiger partial charge in [-0.05, 0) is 32.9 Å². The maximum Gasteiger partial charge on any atom is 0.330 e. The van der Waals surface area contributed by atoms with Crippen molar-refractivity contribution in [2.45, 2.75) is 20.8 Å². The normalized spacial score (nSPS) is 11.1. The second-order valence-electron chi connectivity index (χ2n) is 5.13. The highest BCUT2D eigenvalue weighted by Gasteiger charge is 2.39. The van der Waals surface area contributed by atoms with Gasteiger partial charge in [-0.2, -0.15) is 0 Å². The van der Waals surface area contributed by atoms with Crippen LogP contribution in [0, 0.1) is 5.41 Å². The fraction of sp³-hybridized carbons (Fsp3) is 0.353. The lowest BCUT2D eigenvalue weighted by molar-refractivity contribution is -0.162. The minimum Gasteiger partial charge on any atom is -0.468 e. The summed E-state index contributed by atoms with van der Waals surface area (Å²) in [6.07, 6.45) is 2.72. The van der Waals surface area contributed by atoms with E-state index >= 15 is 0 Å². The molecule has 0 aliphatic rings. The van der Waals surface area contributed by atoms with Gasteiger partial charge >= 0.3 is 17.9 Å². The molecule has 23 heavy (non-hydrogen) atoms. The maximum atomic E-state index is 12.2. The van der Waals surface area contributed by atoms with Crippen LogP contribution in [-0.4, -0.2) is 31.6 Å². The monoisotopic (exact) mass is 320 g/mol. The molecule has 0 N–H and O–H groups in total. The quantitative estimate of drug-likeness (QED) is 0.346. The van der Waals surface area contributed by atoms with Gasteiger partial charge in [-0.1, -0.05) is 18.2 Å². The molecule has 6 heteroatoms. The van der Waals surface area contributed by atoms with Gasteiger partial charge in [0.05, 0.1) is 13.7 Å². The number of carbonyl (C=O) groups is 3. The number of para-hydroxylation sites is 1. The second-order valence-corrected chi connectivity index (χ2v) is 5.13. The van der Waals surface area contributed by atoms with Crippen LogP contribution >= 0.6 is 0 Å². The number of hydrogen-bond donors (Lipinski definition) is 0. The molecule has 0 spiro atoms. The first-order valence-corrected chi connectivity index (χ1v) is 7.07. The van der Waals surface area contributed by atoms with Crippen LogP contribution in [0.15, 0.2) is 30.3 Å². The van der Waals surface area contributed by atoms with E-state index in [0.29, 0.717) is 5.56 Å². The fourth-order valence-electron chi connectivity index (χ4n) is 1.63. The predicted octanol–water partition coefficient (Wildman–Crippen LogP) is 2.37. The first kappa shape index (κ1) is 18.4. The van der Waals surface area contributed by atoms with Crippen LogP contribution in [0.2, 0.25) is 0 Å². The zero-order chi connectivity index (χ0) is 17.5. The Morgan fingerprint density at radius 1 is 1.13 bits per heavy atom. The van der Waals surface area contributed by atoms with E-state index in [2.05, 4.69) is 4.74 Å². The first-order valence-electron chi connectivity index (χ1n) is 7.07. The molecule has 0 heterocycles. The van der Waals surface area contributed by atoms with E-state index in [4.69, 9.17) is 9.47 Å². The molecule has 0 aromatic heterocycles. The van der Waals surface area contributed by atoms with Gasteiger partial charge in [-0.15, -0.1) is 0 Å². The number of esters is 3. The summed E-state index contributed by atoms with van der Waals surface area (Å²) < 4.78 is 14.7. The van der Waals surface area contributed by atoms with Crippen LogP contribution in [0.3, 0.4) is 0 Å². The molecule has 1 aromatic rings. The molecule has 0 saturated heterocycles. The second kappa shape index (κ2) is 8.12. The number of rotatable bonds is 6. The summed E-state index contributed by atoms with van der Waals surface area (Å²) in [6, 6.07) is 6.64.